The molecule has 1 aliphatic rings. The highest BCUT2D eigenvalue weighted by molar-refractivity contribution is 7.16. The Morgan fingerprint density at radius 1 is 1.27 bits per heavy atom. The lowest BCUT2D eigenvalue weighted by Crippen LogP contribution is -2.36. The standard InChI is InChI=1S/C16H24N2O3S/c1-4-12-11(2)22-15(14(12)16(20)21-3)17-13(19)10-18-8-6-5-7-9-18/h4-10H2,1-3H3,(H,17,19). The first-order chi connectivity index (χ1) is 10.6. The van der Waals surface area contributed by atoms with Crippen molar-refractivity contribution >= 4 is 28.2 Å². The maximum absolute atomic E-state index is 12.3. The topological polar surface area (TPSA) is 58.6 Å². The van der Waals surface area contributed by atoms with Crippen LogP contribution in [0, 0.1) is 6.92 Å². The largest absolute Gasteiger partial charge is 0.465 e. The molecule has 5 nitrogen and oxygen atoms in total. The highest BCUT2D eigenvalue weighted by atomic mass is 32.1. The normalized spacial score (nSPS) is 15.6. The number of piperidine rings is 1. The van der Waals surface area contributed by atoms with E-state index >= 15 is 0 Å². The number of rotatable bonds is 5. The Balaban J connectivity index is 2.11. The highest BCUT2D eigenvalue weighted by Crippen LogP contribution is 2.34. The quantitative estimate of drug-likeness (QED) is 0.846. The first-order valence-corrected chi connectivity index (χ1v) is 8.61. The van der Waals surface area contributed by atoms with Crippen molar-refractivity contribution in [3.63, 3.8) is 0 Å². The molecule has 1 N–H and O–H groups in total. The van der Waals surface area contributed by atoms with Gasteiger partial charge in [0, 0.05) is 4.88 Å². The molecule has 0 radical (unpaired) electrons. The molecule has 0 aromatic carbocycles. The van der Waals surface area contributed by atoms with Crippen molar-refractivity contribution in [3.8, 4) is 0 Å². The zero-order chi connectivity index (χ0) is 16.1. The van der Waals surface area contributed by atoms with Crippen LogP contribution in [0.5, 0.6) is 0 Å². The summed E-state index contributed by atoms with van der Waals surface area (Å²) in [6.45, 7) is 6.30. The van der Waals surface area contributed by atoms with Crippen molar-refractivity contribution in [3.05, 3.63) is 16.0 Å². The van der Waals surface area contributed by atoms with E-state index in [1.807, 2.05) is 13.8 Å². The molecule has 22 heavy (non-hydrogen) atoms. The lowest BCUT2D eigenvalue weighted by molar-refractivity contribution is -0.117. The van der Waals surface area contributed by atoms with Crippen molar-refractivity contribution in [1.29, 1.82) is 0 Å². The predicted octanol–water partition coefficient (Wildman–Crippen LogP) is 2.83. The number of amides is 1. The molecule has 0 unspecified atom stereocenters. The van der Waals surface area contributed by atoms with E-state index in [1.165, 1.54) is 24.9 Å². The van der Waals surface area contributed by atoms with Crippen molar-refractivity contribution in [2.45, 2.75) is 39.5 Å². The van der Waals surface area contributed by atoms with E-state index in [0.29, 0.717) is 17.1 Å². The molecule has 122 valence electrons. The zero-order valence-electron chi connectivity index (χ0n) is 13.5. The number of hydrogen-bond acceptors (Lipinski definition) is 5. The van der Waals surface area contributed by atoms with Gasteiger partial charge in [0.05, 0.1) is 19.2 Å². The van der Waals surface area contributed by atoms with Gasteiger partial charge in [0.2, 0.25) is 5.91 Å². The summed E-state index contributed by atoms with van der Waals surface area (Å²) in [5.74, 6) is -0.439. The molecule has 1 amide bonds. The van der Waals surface area contributed by atoms with Gasteiger partial charge in [-0.25, -0.2) is 4.79 Å². The molecule has 2 rings (SSSR count). The molecular formula is C16H24N2O3S. The van der Waals surface area contributed by atoms with Crippen LogP contribution in [-0.4, -0.2) is 43.5 Å². The molecule has 1 saturated heterocycles. The Bertz CT molecular complexity index is 548. The maximum Gasteiger partial charge on any atom is 0.341 e. The predicted molar refractivity (Wildman–Crippen MR) is 88.7 cm³/mol. The molecule has 0 aliphatic carbocycles. The Morgan fingerprint density at radius 3 is 2.55 bits per heavy atom. The lowest BCUT2D eigenvalue weighted by Gasteiger charge is -2.25. The van der Waals surface area contributed by atoms with E-state index in [4.69, 9.17) is 4.74 Å². The molecule has 2 heterocycles. The van der Waals surface area contributed by atoms with Gasteiger partial charge < -0.3 is 10.1 Å². The van der Waals surface area contributed by atoms with Gasteiger partial charge in [-0.2, -0.15) is 0 Å². The number of carbonyl (C=O) groups excluding carboxylic acids is 2. The number of esters is 1. The van der Waals surface area contributed by atoms with Gasteiger partial charge in [-0.05, 0) is 44.8 Å². The van der Waals surface area contributed by atoms with Crippen molar-refractivity contribution in [1.82, 2.24) is 4.90 Å². The summed E-state index contributed by atoms with van der Waals surface area (Å²) in [5, 5.41) is 3.52. The van der Waals surface area contributed by atoms with Crippen molar-refractivity contribution in [2.24, 2.45) is 0 Å². The minimum Gasteiger partial charge on any atom is -0.465 e. The van der Waals surface area contributed by atoms with Gasteiger partial charge in [-0.15, -0.1) is 11.3 Å². The summed E-state index contributed by atoms with van der Waals surface area (Å²) in [7, 11) is 1.37. The number of carbonyl (C=O) groups is 2. The van der Waals surface area contributed by atoms with Gasteiger partial charge in [0.25, 0.3) is 0 Å². The number of likely N-dealkylation sites (tertiary alicyclic amines) is 1. The lowest BCUT2D eigenvalue weighted by atomic mass is 10.1. The number of thiophene rings is 1. The van der Waals surface area contributed by atoms with Gasteiger partial charge in [0.15, 0.2) is 0 Å². The van der Waals surface area contributed by atoms with Crippen LogP contribution in [0.2, 0.25) is 0 Å². The van der Waals surface area contributed by atoms with Crippen LogP contribution >= 0.6 is 11.3 Å². The fourth-order valence-corrected chi connectivity index (χ4v) is 4.05. The van der Waals surface area contributed by atoms with E-state index in [9.17, 15) is 9.59 Å². The van der Waals surface area contributed by atoms with Crippen molar-refractivity contribution < 1.29 is 14.3 Å². The Morgan fingerprint density at radius 2 is 1.95 bits per heavy atom. The summed E-state index contributed by atoms with van der Waals surface area (Å²) in [5.41, 5.74) is 1.48. The van der Waals surface area contributed by atoms with Crippen LogP contribution in [0.1, 0.15) is 47.0 Å². The summed E-state index contributed by atoms with van der Waals surface area (Å²) < 4.78 is 4.87. The molecule has 1 aromatic rings. The van der Waals surface area contributed by atoms with Gasteiger partial charge in [0.1, 0.15) is 5.00 Å². The summed E-state index contributed by atoms with van der Waals surface area (Å²) in [4.78, 5) is 27.5. The molecule has 0 bridgehead atoms. The van der Waals surface area contributed by atoms with Crippen LogP contribution in [0.25, 0.3) is 0 Å². The smallest absolute Gasteiger partial charge is 0.341 e. The van der Waals surface area contributed by atoms with E-state index in [-0.39, 0.29) is 11.9 Å². The average Bonchev–Trinajstić information content (AvgIpc) is 2.82. The van der Waals surface area contributed by atoms with E-state index in [2.05, 4.69) is 10.2 Å². The summed E-state index contributed by atoms with van der Waals surface area (Å²) in [6, 6.07) is 0. The molecule has 1 fully saturated rings. The number of methoxy groups -OCH3 is 1. The average molecular weight is 324 g/mol. The Kier molecular flexibility index (Phi) is 5.97. The molecule has 0 saturated carbocycles. The number of nitrogens with zero attached hydrogens (tertiary/aromatic N) is 1. The molecular weight excluding hydrogens is 300 g/mol. The second-order valence-corrected chi connectivity index (χ2v) is 6.80. The van der Waals surface area contributed by atoms with E-state index in [0.717, 1.165) is 42.8 Å². The maximum atomic E-state index is 12.3. The minimum atomic E-state index is -0.380. The first kappa shape index (κ1) is 17.0. The van der Waals surface area contributed by atoms with Gasteiger partial charge >= 0.3 is 5.97 Å². The Hall–Kier alpha value is -1.40. The van der Waals surface area contributed by atoms with Gasteiger partial charge in [-0.1, -0.05) is 13.3 Å². The van der Waals surface area contributed by atoms with Crippen LogP contribution < -0.4 is 5.32 Å². The molecule has 0 spiro atoms. The van der Waals surface area contributed by atoms with Crippen LogP contribution in [-0.2, 0) is 16.0 Å². The monoisotopic (exact) mass is 324 g/mol. The van der Waals surface area contributed by atoms with Gasteiger partial charge in [-0.3, -0.25) is 9.69 Å². The van der Waals surface area contributed by atoms with E-state index < -0.39 is 0 Å². The number of ether oxygens (including phenoxy) is 1. The third-order valence-electron chi connectivity index (χ3n) is 4.02. The number of anilines is 1. The SMILES string of the molecule is CCc1c(C)sc(NC(=O)CN2CCCCC2)c1C(=O)OC. The van der Waals surface area contributed by atoms with Crippen LogP contribution in [0.4, 0.5) is 5.00 Å². The first-order valence-electron chi connectivity index (χ1n) is 7.79. The van der Waals surface area contributed by atoms with Crippen LogP contribution in [0.3, 0.4) is 0 Å². The number of nitrogens with one attached hydrogen (secondary N) is 1. The summed E-state index contributed by atoms with van der Waals surface area (Å²) >= 11 is 1.45. The zero-order valence-corrected chi connectivity index (χ0v) is 14.3. The number of aryl methyl sites for hydroxylation is 1. The summed E-state index contributed by atoms with van der Waals surface area (Å²) in [6.07, 6.45) is 4.29. The Labute approximate surface area is 135 Å². The second kappa shape index (κ2) is 7.74. The minimum absolute atomic E-state index is 0.0593. The molecule has 1 aromatic heterocycles. The fourth-order valence-electron chi connectivity index (χ4n) is 2.90. The third kappa shape index (κ3) is 3.87. The molecule has 0 atom stereocenters. The van der Waals surface area contributed by atoms with Crippen molar-refractivity contribution in [2.75, 3.05) is 32.1 Å². The fraction of sp³-hybridized carbons (Fsp3) is 0.625. The van der Waals surface area contributed by atoms with E-state index in [1.54, 1.807) is 0 Å². The number of hydrogen-bond donors (Lipinski definition) is 1. The van der Waals surface area contributed by atoms with Crippen LogP contribution in [0.15, 0.2) is 0 Å². The second-order valence-electron chi connectivity index (χ2n) is 5.57. The third-order valence-corrected chi connectivity index (χ3v) is 5.08. The molecule has 6 heteroatoms. The molecule has 1 aliphatic heterocycles. The highest BCUT2D eigenvalue weighted by Gasteiger charge is 2.23.